The smallest absolute Gasteiger partial charge is 0.0964 e. The number of fused-ring (bicyclic) bond motifs is 1. The zero-order chi connectivity index (χ0) is 13.8. The molecule has 1 atom stereocenters. The minimum Gasteiger partial charge on any atom is -0.311 e. The van der Waals surface area contributed by atoms with E-state index in [1.165, 1.54) is 10.5 Å². The van der Waals surface area contributed by atoms with Crippen molar-refractivity contribution in [2.24, 2.45) is 0 Å². The number of aromatic nitrogens is 3. The topological polar surface area (TPSA) is 42.7 Å². The number of nitrogens with one attached hydrogen (secondary N) is 1. The van der Waals surface area contributed by atoms with Crippen molar-refractivity contribution in [3.63, 3.8) is 0 Å². The van der Waals surface area contributed by atoms with Crippen molar-refractivity contribution in [3.8, 4) is 0 Å². The quantitative estimate of drug-likeness (QED) is 0.830. The number of hydrogen-bond donors (Lipinski definition) is 1. The molecule has 20 heavy (non-hydrogen) atoms. The molecule has 1 aliphatic heterocycles. The van der Waals surface area contributed by atoms with Crippen LogP contribution in [0.4, 0.5) is 0 Å². The fourth-order valence-corrected chi connectivity index (χ4v) is 3.75. The maximum absolute atomic E-state index is 4.25. The normalized spacial score (nSPS) is 17.4. The van der Waals surface area contributed by atoms with E-state index in [1.54, 1.807) is 0 Å². The van der Waals surface area contributed by atoms with E-state index in [0.717, 1.165) is 37.5 Å². The lowest BCUT2D eigenvalue weighted by Crippen LogP contribution is -2.14. The lowest BCUT2D eigenvalue weighted by Gasteiger charge is -2.09. The molecule has 1 N–H and O–H groups in total. The first-order chi connectivity index (χ1) is 9.86. The van der Waals surface area contributed by atoms with Gasteiger partial charge in [-0.15, -0.1) is 16.9 Å². The lowest BCUT2D eigenvalue weighted by atomic mass is 10.0. The molecule has 106 valence electrons. The molecule has 5 heteroatoms. The SMILES string of the molecule is CCCNCc1cn(CC2CSc3ccccc32)nn1. The van der Waals surface area contributed by atoms with Crippen LogP contribution >= 0.6 is 11.8 Å². The maximum atomic E-state index is 4.25. The van der Waals surface area contributed by atoms with Crippen LogP contribution in [0, 0.1) is 0 Å². The molecule has 0 radical (unpaired) electrons. The highest BCUT2D eigenvalue weighted by Gasteiger charge is 2.23. The van der Waals surface area contributed by atoms with Gasteiger partial charge in [-0.05, 0) is 24.6 Å². The Labute approximate surface area is 124 Å². The van der Waals surface area contributed by atoms with Gasteiger partial charge in [0, 0.05) is 29.3 Å². The number of hydrogen-bond acceptors (Lipinski definition) is 4. The second kappa shape index (κ2) is 6.41. The van der Waals surface area contributed by atoms with Crippen LogP contribution < -0.4 is 5.32 Å². The highest BCUT2D eigenvalue weighted by molar-refractivity contribution is 7.99. The summed E-state index contributed by atoms with van der Waals surface area (Å²) in [6, 6.07) is 8.68. The molecule has 0 aliphatic carbocycles. The summed E-state index contributed by atoms with van der Waals surface area (Å²) in [5.74, 6) is 1.69. The summed E-state index contributed by atoms with van der Waals surface area (Å²) in [5, 5.41) is 11.8. The molecule has 2 aromatic rings. The Hall–Kier alpha value is -1.33. The fourth-order valence-electron chi connectivity index (χ4n) is 2.51. The number of nitrogens with zero attached hydrogens (tertiary/aromatic N) is 3. The number of thioether (sulfide) groups is 1. The third kappa shape index (κ3) is 3.04. The summed E-state index contributed by atoms with van der Waals surface area (Å²) >= 11 is 1.95. The molecule has 0 fully saturated rings. The van der Waals surface area contributed by atoms with Gasteiger partial charge in [-0.2, -0.15) is 0 Å². The monoisotopic (exact) mass is 288 g/mol. The van der Waals surface area contributed by atoms with Crippen molar-refractivity contribution in [2.45, 2.75) is 37.2 Å². The second-order valence-electron chi connectivity index (χ2n) is 5.15. The predicted molar refractivity (Wildman–Crippen MR) is 81.9 cm³/mol. The predicted octanol–water partition coefficient (Wildman–Crippen LogP) is 2.67. The molecule has 2 heterocycles. The van der Waals surface area contributed by atoms with Crippen molar-refractivity contribution in [1.29, 1.82) is 0 Å². The summed E-state index contributed by atoms with van der Waals surface area (Å²) in [4.78, 5) is 1.42. The Kier molecular flexibility index (Phi) is 4.38. The van der Waals surface area contributed by atoms with Crippen LogP contribution in [0.3, 0.4) is 0 Å². The highest BCUT2D eigenvalue weighted by atomic mass is 32.2. The van der Waals surface area contributed by atoms with E-state index >= 15 is 0 Å². The van der Waals surface area contributed by atoms with E-state index in [9.17, 15) is 0 Å². The van der Waals surface area contributed by atoms with Crippen molar-refractivity contribution in [1.82, 2.24) is 20.3 Å². The molecule has 0 spiro atoms. The molecule has 3 rings (SSSR count). The van der Waals surface area contributed by atoms with Crippen LogP contribution in [0.5, 0.6) is 0 Å². The lowest BCUT2D eigenvalue weighted by molar-refractivity contribution is 0.532. The van der Waals surface area contributed by atoms with Gasteiger partial charge in [-0.3, -0.25) is 4.68 Å². The second-order valence-corrected chi connectivity index (χ2v) is 6.22. The third-order valence-electron chi connectivity index (χ3n) is 3.53. The molecule has 0 saturated heterocycles. The number of rotatable bonds is 6. The van der Waals surface area contributed by atoms with Gasteiger partial charge in [0.05, 0.1) is 12.2 Å². The Morgan fingerprint density at radius 2 is 2.30 bits per heavy atom. The van der Waals surface area contributed by atoms with Gasteiger partial charge in [0.15, 0.2) is 0 Å². The Morgan fingerprint density at radius 1 is 1.40 bits per heavy atom. The van der Waals surface area contributed by atoms with Crippen molar-refractivity contribution in [3.05, 3.63) is 41.7 Å². The first-order valence-electron chi connectivity index (χ1n) is 7.18. The maximum Gasteiger partial charge on any atom is 0.0964 e. The molecule has 4 nitrogen and oxygen atoms in total. The third-order valence-corrected chi connectivity index (χ3v) is 4.78. The van der Waals surface area contributed by atoms with Gasteiger partial charge in [-0.1, -0.05) is 30.3 Å². The molecule has 1 unspecified atom stereocenters. The first-order valence-corrected chi connectivity index (χ1v) is 8.17. The van der Waals surface area contributed by atoms with E-state index in [4.69, 9.17) is 0 Å². The molecule has 1 aromatic carbocycles. The molecular weight excluding hydrogens is 268 g/mol. The molecule has 0 saturated carbocycles. The van der Waals surface area contributed by atoms with Crippen molar-refractivity contribution in [2.75, 3.05) is 12.3 Å². The summed E-state index contributed by atoms with van der Waals surface area (Å²) in [7, 11) is 0. The van der Waals surface area contributed by atoms with Crippen LogP contribution in [-0.2, 0) is 13.1 Å². The van der Waals surface area contributed by atoms with Gasteiger partial charge in [0.1, 0.15) is 0 Å². The zero-order valence-electron chi connectivity index (χ0n) is 11.7. The van der Waals surface area contributed by atoms with Crippen LogP contribution in [0.15, 0.2) is 35.4 Å². The molecular formula is C15H20N4S. The van der Waals surface area contributed by atoms with Gasteiger partial charge in [0.25, 0.3) is 0 Å². The van der Waals surface area contributed by atoms with Crippen molar-refractivity contribution < 1.29 is 0 Å². The Bertz CT molecular complexity index is 567. The van der Waals surface area contributed by atoms with Crippen LogP contribution in [0.25, 0.3) is 0 Å². The van der Waals surface area contributed by atoms with Crippen molar-refractivity contribution >= 4 is 11.8 Å². The average Bonchev–Trinajstić information content (AvgIpc) is 3.08. The van der Waals surface area contributed by atoms with E-state index < -0.39 is 0 Å². The summed E-state index contributed by atoms with van der Waals surface area (Å²) in [5.41, 5.74) is 2.48. The van der Waals surface area contributed by atoms with Crippen LogP contribution in [-0.4, -0.2) is 27.3 Å². The van der Waals surface area contributed by atoms with Gasteiger partial charge >= 0.3 is 0 Å². The average molecular weight is 288 g/mol. The number of benzene rings is 1. The zero-order valence-corrected chi connectivity index (χ0v) is 12.6. The fraction of sp³-hybridized carbons (Fsp3) is 0.467. The summed E-state index contributed by atoms with van der Waals surface area (Å²) in [6.45, 7) is 4.92. The first kappa shape index (κ1) is 13.6. The Balaban J connectivity index is 1.62. The minimum atomic E-state index is 0.550. The van der Waals surface area contributed by atoms with Gasteiger partial charge < -0.3 is 5.32 Å². The molecule has 1 aliphatic rings. The van der Waals surface area contributed by atoms with E-state index in [0.29, 0.717) is 5.92 Å². The van der Waals surface area contributed by atoms with Gasteiger partial charge in [-0.25, -0.2) is 0 Å². The minimum absolute atomic E-state index is 0.550. The summed E-state index contributed by atoms with van der Waals surface area (Å²) in [6.07, 6.45) is 3.21. The van der Waals surface area contributed by atoms with Gasteiger partial charge in [0.2, 0.25) is 0 Å². The molecule has 1 aromatic heterocycles. The Morgan fingerprint density at radius 3 is 3.20 bits per heavy atom. The van der Waals surface area contributed by atoms with Crippen LogP contribution in [0.2, 0.25) is 0 Å². The molecule has 0 amide bonds. The standard InChI is InChI=1S/C15H20N4S/c1-2-7-16-8-13-10-19(18-17-13)9-12-11-20-15-6-4-3-5-14(12)15/h3-6,10,12,16H,2,7-9,11H2,1H3. The van der Waals surface area contributed by atoms with E-state index in [1.807, 2.05) is 16.4 Å². The van der Waals surface area contributed by atoms with Crippen LogP contribution in [0.1, 0.15) is 30.5 Å². The molecule has 0 bridgehead atoms. The largest absolute Gasteiger partial charge is 0.311 e. The highest BCUT2D eigenvalue weighted by Crippen LogP contribution is 2.39. The summed E-state index contributed by atoms with van der Waals surface area (Å²) < 4.78 is 1.98. The van der Waals surface area contributed by atoms with E-state index in [2.05, 4.69) is 53.0 Å². The van der Waals surface area contributed by atoms with E-state index in [-0.39, 0.29) is 0 Å².